The predicted octanol–water partition coefficient (Wildman–Crippen LogP) is 4.28. The summed E-state index contributed by atoms with van der Waals surface area (Å²) in [5.74, 6) is 1.47. The number of rotatable bonds is 5. The van der Waals surface area contributed by atoms with Crippen LogP contribution in [0.4, 0.5) is 11.6 Å². The Kier molecular flexibility index (Phi) is 5.32. The number of anilines is 2. The molecule has 164 valence electrons. The molecule has 0 bridgehead atoms. The fraction of sp³-hybridized carbons (Fsp3) is 0.120. The summed E-state index contributed by atoms with van der Waals surface area (Å²) < 4.78 is 7.16. The van der Waals surface area contributed by atoms with Crippen LogP contribution in [-0.2, 0) is 4.79 Å². The molecule has 0 unspecified atom stereocenters. The van der Waals surface area contributed by atoms with Gasteiger partial charge in [-0.1, -0.05) is 42.5 Å². The molecule has 0 spiro atoms. The van der Waals surface area contributed by atoms with Crippen molar-refractivity contribution < 1.29 is 9.53 Å². The van der Waals surface area contributed by atoms with E-state index in [1.54, 1.807) is 30.3 Å². The number of methoxy groups -OCH3 is 1. The fourth-order valence-corrected chi connectivity index (χ4v) is 3.95. The predicted molar refractivity (Wildman–Crippen MR) is 126 cm³/mol. The quantitative estimate of drug-likeness (QED) is 0.483. The first-order valence-corrected chi connectivity index (χ1v) is 10.5. The van der Waals surface area contributed by atoms with Crippen LogP contribution >= 0.6 is 0 Å². The molecule has 2 N–H and O–H groups in total. The molecule has 0 aliphatic carbocycles. The molecule has 1 amide bonds. The Labute approximate surface area is 191 Å². The van der Waals surface area contributed by atoms with E-state index in [2.05, 4.69) is 20.6 Å². The minimum absolute atomic E-state index is 0.245. The topological polar surface area (TPSA) is 94.0 Å². The minimum Gasteiger partial charge on any atom is -0.495 e. The highest BCUT2D eigenvalue weighted by molar-refractivity contribution is 6.06. The summed E-state index contributed by atoms with van der Waals surface area (Å²) in [6, 6.07) is 20.4. The number of pyridine rings is 1. The number of hydrogen-bond acceptors (Lipinski definition) is 6. The van der Waals surface area contributed by atoms with Crippen LogP contribution in [0.5, 0.6) is 5.75 Å². The van der Waals surface area contributed by atoms with Crippen LogP contribution in [-0.4, -0.2) is 32.8 Å². The number of para-hydroxylation sites is 2. The molecule has 0 saturated carbocycles. The van der Waals surface area contributed by atoms with Gasteiger partial charge in [0.1, 0.15) is 11.8 Å². The Morgan fingerprint density at radius 3 is 2.52 bits per heavy atom. The van der Waals surface area contributed by atoms with E-state index < -0.39 is 6.04 Å². The second-order valence-corrected chi connectivity index (χ2v) is 7.57. The van der Waals surface area contributed by atoms with E-state index in [0.717, 1.165) is 11.1 Å². The van der Waals surface area contributed by atoms with Crippen molar-refractivity contribution in [2.75, 3.05) is 17.7 Å². The van der Waals surface area contributed by atoms with E-state index in [0.29, 0.717) is 34.5 Å². The average Bonchev–Trinajstić information content (AvgIpc) is 3.28. The van der Waals surface area contributed by atoms with Crippen molar-refractivity contribution in [2.45, 2.75) is 13.0 Å². The molecule has 1 aliphatic rings. The number of allylic oxidation sites excluding steroid dienone is 1. The normalized spacial score (nSPS) is 14.9. The van der Waals surface area contributed by atoms with E-state index in [-0.39, 0.29) is 5.91 Å². The van der Waals surface area contributed by atoms with Gasteiger partial charge in [-0.05, 0) is 36.8 Å². The Bertz CT molecular complexity index is 1330. The van der Waals surface area contributed by atoms with Crippen molar-refractivity contribution in [3.63, 3.8) is 0 Å². The van der Waals surface area contributed by atoms with Crippen LogP contribution < -0.4 is 15.4 Å². The highest BCUT2D eigenvalue weighted by Gasteiger charge is 2.34. The maximum atomic E-state index is 13.6. The Hall–Kier alpha value is -4.46. The van der Waals surface area contributed by atoms with Crippen LogP contribution in [0.3, 0.4) is 0 Å². The van der Waals surface area contributed by atoms with Gasteiger partial charge in [0, 0.05) is 23.7 Å². The molecular formula is C25H22N6O2. The third-order valence-electron chi connectivity index (χ3n) is 5.51. The van der Waals surface area contributed by atoms with E-state index >= 15 is 0 Å². The number of benzene rings is 2. The molecule has 1 atom stereocenters. The molecule has 8 heteroatoms. The number of nitrogens with one attached hydrogen (secondary N) is 2. The monoisotopic (exact) mass is 438 g/mol. The average molecular weight is 438 g/mol. The van der Waals surface area contributed by atoms with Gasteiger partial charge in [-0.15, -0.1) is 5.10 Å². The second kappa shape index (κ2) is 8.58. The molecule has 2 aromatic carbocycles. The summed E-state index contributed by atoms with van der Waals surface area (Å²) >= 11 is 0. The summed E-state index contributed by atoms with van der Waals surface area (Å²) in [6.07, 6.45) is 3.40. The first-order valence-electron chi connectivity index (χ1n) is 10.5. The summed E-state index contributed by atoms with van der Waals surface area (Å²) in [5.41, 5.74) is 3.62. The van der Waals surface area contributed by atoms with Gasteiger partial charge < -0.3 is 15.4 Å². The SMILES string of the molecule is COc1ccccc1NC(=O)C1=C(C)Nc2nc(-c3ccncc3)nn2[C@H]1c1ccccc1. The van der Waals surface area contributed by atoms with E-state index in [1.807, 2.05) is 67.6 Å². The summed E-state index contributed by atoms with van der Waals surface area (Å²) in [7, 11) is 1.58. The highest BCUT2D eigenvalue weighted by Crippen LogP contribution is 2.37. The molecule has 4 aromatic rings. The lowest BCUT2D eigenvalue weighted by Gasteiger charge is -2.28. The van der Waals surface area contributed by atoms with Gasteiger partial charge in [-0.2, -0.15) is 4.98 Å². The lowest BCUT2D eigenvalue weighted by Crippen LogP contribution is -2.31. The van der Waals surface area contributed by atoms with Gasteiger partial charge in [0.05, 0.1) is 18.4 Å². The summed E-state index contributed by atoms with van der Waals surface area (Å²) in [6.45, 7) is 1.87. The first-order chi connectivity index (χ1) is 16.2. The lowest BCUT2D eigenvalue weighted by atomic mass is 9.95. The molecule has 1 aliphatic heterocycles. The van der Waals surface area contributed by atoms with Crippen LogP contribution in [0, 0.1) is 0 Å². The van der Waals surface area contributed by atoms with Crippen molar-refractivity contribution in [3.05, 3.63) is 96.0 Å². The molecule has 8 nitrogen and oxygen atoms in total. The van der Waals surface area contributed by atoms with Crippen molar-refractivity contribution in [2.24, 2.45) is 0 Å². The highest BCUT2D eigenvalue weighted by atomic mass is 16.5. The third kappa shape index (κ3) is 3.82. The summed E-state index contributed by atoms with van der Waals surface area (Å²) in [5, 5.41) is 11.0. The smallest absolute Gasteiger partial charge is 0.255 e. The zero-order valence-corrected chi connectivity index (χ0v) is 18.2. The number of carbonyl (C=O) groups is 1. The van der Waals surface area contributed by atoms with Crippen molar-refractivity contribution in [1.29, 1.82) is 0 Å². The zero-order chi connectivity index (χ0) is 22.8. The van der Waals surface area contributed by atoms with Crippen LogP contribution in [0.15, 0.2) is 90.4 Å². The maximum Gasteiger partial charge on any atom is 0.255 e. The third-order valence-corrected chi connectivity index (χ3v) is 5.51. The number of ether oxygens (including phenoxy) is 1. The molecule has 2 aromatic heterocycles. The molecular weight excluding hydrogens is 416 g/mol. The molecule has 0 fully saturated rings. The van der Waals surface area contributed by atoms with Gasteiger partial charge in [-0.25, -0.2) is 4.68 Å². The van der Waals surface area contributed by atoms with Crippen molar-refractivity contribution in [3.8, 4) is 17.1 Å². The second-order valence-electron chi connectivity index (χ2n) is 7.57. The number of carbonyl (C=O) groups excluding carboxylic acids is 1. The first kappa shape index (κ1) is 20.4. The number of aromatic nitrogens is 4. The zero-order valence-electron chi connectivity index (χ0n) is 18.2. The van der Waals surface area contributed by atoms with Crippen LogP contribution in [0.2, 0.25) is 0 Å². The largest absolute Gasteiger partial charge is 0.495 e. The van der Waals surface area contributed by atoms with Crippen molar-refractivity contribution in [1.82, 2.24) is 19.7 Å². The lowest BCUT2D eigenvalue weighted by molar-refractivity contribution is -0.113. The number of nitrogens with zero attached hydrogens (tertiary/aromatic N) is 4. The molecule has 33 heavy (non-hydrogen) atoms. The Morgan fingerprint density at radius 2 is 1.76 bits per heavy atom. The molecule has 3 heterocycles. The van der Waals surface area contributed by atoms with Crippen LogP contribution in [0.1, 0.15) is 18.5 Å². The van der Waals surface area contributed by atoms with Gasteiger partial charge in [0.15, 0.2) is 5.82 Å². The number of amides is 1. The Morgan fingerprint density at radius 1 is 1.03 bits per heavy atom. The van der Waals surface area contributed by atoms with Crippen molar-refractivity contribution >= 4 is 17.5 Å². The fourth-order valence-electron chi connectivity index (χ4n) is 3.95. The van der Waals surface area contributed by atoms with E-state index in [4.69, 9.17) is 9.84 Å². The molecule has 0 radical (unpaired) electrons. The van der Waals surface area contributed by atoms with Gasteiger partial charge in [0.25, 0.3) is 5.91 Å². The number of hydrogen-bond donors (Lipinski definition) is 2. The molecule has 0 saturated heterocycles. The minimum atomic E-state index is -0.458. The number of fused-ring (bicyclic) bond motifs is 1. The van der Waals surface area contributed by atoms with E-state index in [1.165, 1.54) is 0 Å². The van der Waals surface area contributed by atoms with E-state index in [9.17, 15) is 4.79 Å². The molecule has 5 rings (SSSR count). The standard InChI is InChI=1S/C25H22N6O2/c1-16-21(24(32)28-19-10-6-7-11-20(19)33-2)22(17-8-4-3-5-9-17)31-25(27-16)29-23(30-31)18-12-14-26-15-13-18/h3-15,22H,1-2H3,(H,28,32)(H,27,29,30)/t22-/m0/s1. The summed E-state index contributed by atoms with van der Waals surface area (Å²) in [4.78, 5) is 22.3. The maximum absolute atomic E-state index is 13.6. The Balaban J connectivity index is 1.59. The van der Waals surface area contributed by atoms with Gasteiger partial charge >= 0.3 is 0 Å². The van der Waals surface area contributed by atoms with Crippen LogP contribution in [0.25, 0.3) is 11.4 Å². The van der Waals surface area contributed by atoms with Gasteiger partial charge in [-0.3, -0.25) is 9.78 Å². The van der Waals surface area contributed by atoms with Gasteiger partial charge in [0.2, 0.25) is 5.95 Å².